The Morgan fingerprint density at radius 1 is 1.58 bits per heavy atom. The molecule has 1 aromatic carbocycles. The molecule has 0 heterocycles. The minimum atomic E-state index is -0.584. The zero-order valence-electron chi connectivity index (χ0n) is 11.1. The molecule has 3 N–H and O–H groups in total. The van der Waals surface area contributed by atoms with Gasteiger partial charge in [0.15, 0.2) is 0 Å². The van der Waals surface area contributed by atoms with Crippen molar-refractivity contribution in [1.29, 1.82) is 0 Å². The van der Waals surface area contributed by atoms with E-state index in [1.165, 1.54) is 19.2 Å². The van der Waals surface area contributed by atoms with Crippen LogP contribution in [0.15, 0.2) is 18.2 Å². The summed E-state index contributed by atoms with van der Waals surface area (Å²) < 4.78 is 4.84. The highest BCUT2D eigenvalue weighted by Gasteiger charge is 2.14. The van der Waals surface area contributed by atoms with Crippen molar-refractivity contribution in [1.82, 2.24) is 4.90 Å². The largest absolute Gasteiger partial charge is 0.393 e. The molecule has 0 radical (unpaired) electrons. The van der Waals surface area contributed by atoms with E-state index in [1.54, 1.807) is 6.07 Å². The fourth-order valence-electron chi connectivity index (χ4n) is 1.83. The minimum absolute atomic E-state index is 0.0941. The van der Waals surface area contributed by atoms with Crippen LogP contribution in [0.1, 0.15) is 5.56 Å². The van der Waals surface area contributed by atoms with E-state index < -0.39 is 11.0 Å². The summed E-state index contributed by atoms with van der Waals surface area (Å²) in [6.07, 6.45) is -0.584. The summed E-state index contributed by atoms with van der Waals surface area (Å²) in [5.74, 6) is 0. The Morgan fingerprint density at radius 3 is 2.84 bits per heavy atom. The fraction of sp³-hybridized carbons (Fsp3) is 0.500. The Kier molecular flexibility index (Phi) is 5.68. The predicted octanol–water partition coefficient (Wildman–Crippen LogP) is 0.616. The van der Waals surface area contributed by atoms with E-state index in [-0.39, 0.29) is 18.0 Å². The number of nitrogen functional groups attached to an aromatic ring is 1. The molecule has 0 aromatic heterocycles. The Morgan fingerprint density at radius 2 is 2.26 bits per heavy atom. The highest BCUT2D eigenvalue weighted by atomic mass is 16.6. The quantitative estimate of drug-likeness (QED) is 0.427. The topological polar surface area (TPSA) is 102 Å². The van der Waals surface area contributed by atoms with E-state index in [2.05, 4.69) is 0 Å². The number of hydrogen-bond acceptors (Lipinski definition) is 6. The summed E-state index contributed by atoms with van der Waals surface area (Å²) in [4.78, 5) is 12.1. The van der Waals surface area contributed by atoms with Gasteiger partial charge in [-0.3, -0.25) is 15.0 Å². The molecule has 0 saturated heterocycles. The first-order valence-corrected chi connectivity index (χ1v) is 5.82. The first kappa shape index (κ1) is 15.4. The summed E-state index contributed by atoms with van der Waals surface area (Å²) in [5.41, 5.74) is 6.36. The average Bonchev–Trinajstić information content (AvgIpc) is 2.31. The van der Waals surface area contributed by atoms with Crippen LogP contribution in [0, 0.1) is 10.1 Å². The third-order valence-corrected chi connectivity index (χ3v) is 2.63. The van der Waals surface area contributed by atoms with Gasteiger partial charge in [0.1, 0.15) is 5.69 Å². The molecule has 0 saturated carbocycles. The number of rotatable bonds is 7. The molecule has 0 bridgehead atoms. The van der Waals surface area contributed by atoms with Crippen LogP contribution in [0.3, 0.4) is 0 Å². The average molecular weight is 269 g/mol. The second kappa shape index (κ2) is 7.03. The van der Waals surface area contributed by atoms with Crippen LogP contribution in [-0.4, -0.2) is 48.3 Å². The number of benzene rings is 1. The van der Waals surface area contributed by atoms with Gasteiger partial charge in [-0.15, -0.1) is 0 Å². The van der Waals surface area contributed by atoms with Gasteiger partial charge in [-0.25, -0.2) is 0 Å². The summed E-state index contributed by atoms with van der Waals surface area (Å²) in [7, 11) is 3.34. The second-order valence-electron chi connectivity index (χ2n) is 4.46. The van der Waals surface area contributed by atoms with Crippen LogP contribution in [0.2, 0.25) is 0 Å². The number of nitrogens with zero attached hydrogens (tertiary/aromatic N) is 2. The lowest BCUT2D eigenvalue weighted by molar-refractivity contribution is -0.384. The third kappa shape index (κ3) is 4.82. The van der Waals surface area contributed by atoms with E-state index in [4.69, 9.17) is 10.5 Å². The number of nitrogens with two attached hydrogens (primary N) is 1. The molecule has 0 aliphatic rings. The summed E-state index contributed by atoms with van der Waals surface area (Å²) in [6.45, 7) is 1.17. The molecule has 0 spiro atoms. The van der Waals surface area contributed by atoms with E-state index in [1.807, 2.05) is 11.9 Å². The molecule has 0 fully saturated rings. The molecule has 1 unspecified atom stereocenters. The second-order valence-corrected chi connectivity index (χ2v) is 4.46. The van der Waals surface area contributed by atoms with Gasteiger partial charge in [0.2, 0.25) is 0 Å². The van der Waals surface area contributed by atoms with E-state index >= 15 is 0 Å². The first-order valence-electron chi connectivity index (χ1n) is 5.82. The van der Waals surface area contributed by atoms with E-state index in [9.17, 15) is 15.2 Å². The molecule has 1 rings (SSSR count). The van der Waals surface area contributed by atoms with Crippen LogP contribution < -0.4 is 5.73 Å². The third-order valence-electron chi connectivity index (χ3n) is 2.63. The van der Waals surface area contributed by atoms with Gasteiger partial charge in [-0.2, -0.15) is 0 Å². The molecular weight excluding hydrogens is 250 g/mol. The highest BCUT2D eigenvalue weighted by molar-refractivity contribution is 5.59. The van der Waals surface area contributed by atoms with Crippen molar-refractivity contribution >= 4 is 11.4 Å². The van der Waals surface area contributed by atoms with E-state index in [0.717, 1.165) is 5.56 Å². The van der Waals surface area contributed by atoms with Crippen LogP contribution in [-0.2, 0) is 11.3 Å². The van der Waals surface area contributed by atoms with Crippen molar-refractivity contribution < 1.29 is 14.8 Å². The normalized spacial score (nSPS) is 12.6. The monoisotopic (exact) mass is 269 g/mol. The zero-order chi connectivity index (χ0) is 14.4. The molecule has 0 amide bonds. The Bertz CT molecular complexity index is 439. The molecule has 106 valence electrons. The maximum atomic E-state index is 10.8. The standard InChI is InChI=1S/C12H19N3O4/c1-14(7-10(16)8-19-2)6-9-3-4-11(13)12(5-9)15(17)18/h3-5,10,16H,6-8,13H2,1-2H3. The molecule has 0 aliphatic heterocycles. The maximum absolute atomic E-state index is 10.8. The van der Waals surface area contributed by atoms with Gasteiger partial charge in [0.05, 0.1) is 17.6 Å². The van der Waals surface area contributed by atoms with Crippen LogP contribution in [0.4, 0.5) is 11.4 Å². The fourth-order valence-corrected chi connectivity index (χ4v) is 1.83. The Hall–Kier alpha value is -1.70. The molecule has 7 heteroatoms. The number of hydrogen-bond donors (Lipinski definition) is 2. The number of methoxy groups -OCH3 is 1. The van der Waals surface area contributed by atoms with Gasteiger partial charge in [-0.1, -0.05) is 6.07 Å². The molecule has 7 nitrogen and oxygen atoms in total. The van der Waals surface area contributed by atoms with Crippen LogP contribution in [0.25, 0.3) is 0 Å². The molecule has 1 aromatic rings. The Balaban J connectivity index is 2.66. The zero-order valence-corrected chi connectivity index (χ0v) is 11.1. The van der Waals surface area contributed by atoms with Crippen LogP contribution >= 0.6 is 0 Å². The SMILES string of the molecule is COCC(O)CN(C)Cc1ccc(N)c([N+](=O)[O-])c1. The Labute approximate surface area is 111 Å². The highest BCUT2D eigenvalue weighted by Crippen LogP contribution is 2.22. The lowest BCUT2D eigenvalue weighted by Crippen LogP contribution is -2.31. The molecule has 1 atom stereocenters. The number of aliphatic hydroxyl groups excluding tert-OH is 1. The number of nitro benzene ring substituents is 1. The molecule has 19 heavy (non-hydrogen) atoms. The van der Waals surface area contributed by atoms with Gasteiger partial charge in [0, 0.05) is 26.3 Å². The number of likely N-dealkylation sites (N-methyl/N-ethyl adjacent to an activating group) is 1. The first-order chi connectivity index (χ1) is 8.93. The van der Waals surface area contributed by atoms with Crippen molar-refractivity contribution in [2.45, 2.75) is 12.6 Å². The van der Waals surface area contributed by atoms with E-state index in [0.29, 0.717) is 13.1 Å². The minimum Gasteiger partial charge on any atom is -0.393 e. The predicted molar refractivity (Wildman–Crippen MR) is 71.7 cm³/mol. The molecule has 0 aliphatic carbocycles. The summed E-state index contributed by atoms with van der Waals surface area (Å²) in [6, 6.07) is 4.71. The summed E-state index contributed by atoms with van der Waals surface area (Å²) >= 11 is 0. The number of ether oxygens (including phenoxy) is 1. The molecular formula is C12H19N3O4. The maximum Gasteiger partial charge on any atom is 0.292 e. The smallest absolute Gasteiger partial charge is 0.292 e. The van der Waals surface area contributed by atoms with Crippen molar-refractivity contribution in [3.8, 4) is 0 Å². The van der Waals surface area contributed by atoms with Crippen LogP contribution in [0.5, 0.6) is 0 Å². The number of aliphatic hydroxyl groups is 1. The van der Waals surface area contributed by atoms with Gasteiger partial charge in [-0.05, 0) is 18.7 Å². The lowest BCUT2D eigenvalue weighted by Gasteiger charge is -2.20. The number of nitro groups is 1. The van der Waals surface area contributed by atoms with Gasteiger partial charge in [0.25, 0.3) is 5.69 Å². The number of anilines is 1. The lowest BCUT2D eigenvalue weighted by atomic mass is 10.1. The van der Waals surface area contributed by atoms with Gasteiger partial charge >= 0.3 is 0 Å². The van der Waals surface area contributed by atoms with Gasteiger partial charge < -0.3 is 15.6 Å². The van der Waals surface area contributed by atoms with Crippen molar-refractivity contribution in [2.75, 3.05) is 33.0 Å². The van der Waals surface area contributed by atoms with Crippen molar-refractivity contribution in [2.24, 2.45) is 0 Å². The van der Waals surface area contributed by atoms with Crippen molar-refractivity contribution in [3.05, 3.63) is 33.9 Å². The van der Waals surface area contributed by atoms with Crippen molar-refractivity contribution in [3.63, 3.8) is 0 Å². The summed E-state index contributed by atoms with van der Waals surface area (Å²) in [5, 5.41) is 20.4.